The molecule has 1 aromatic rings. The molecule has 150 valence electrons. The lowest BCUT2D eigenvalue weighted by Crippen LogP contribution is -2.49. The molecule has 0 aromatic carbocycles. The zero-order valence-electron chi connectivity index (χ0n) is 16.7. The number of likely N-dealkylation sites (tertiary alicyclic amines) is 1. The number of nitrogens with zero attached hydrogens (tertiary/aromatic N) is 3. The number of morpholine rings is 1. The molecule has 1 atom stereocenters. The maximum atomic E-state index is 5.52. The van der Waals surface area contributed by atoms with E-state index < -0.39 is 0 Å². The standard InChI is InChI=1S/C21H34N4OS/c1-22-20(25-10-7-18(16-25)24-11-13-26-14-12-24)23-17-21(8-3-2-4-9-21)19-6-5-15-27-19/h5-6,15,18H,2-4,7-14,16-17H2,1H3,(H,22,23). The molecule has 2 saturated heterocycles. The normalized spacial score (nSPS) is 27.1. The summed E-state index contributed by atoms with van der Waals surface area (Å²) < 4.78 is 5.52. The molecule has 3 aliphatic rings. The minimum absolute atomic E-state index is 0.297. The third-order valence-corrected chi connectivity index (χ3v) is 7.79. The maximum absolute atomic E-state index is 5.52. The van der Waals surface area contributed by atoms with E-state index in [9.17, 15) is 0 Å². The Hall–Kier alpha value is -1.11. The highest BCUT2D eigenvalue weighted by atomic mass is 32.1. The average molecular weight is 391 g/mol. The third kappa shape index (κ3) is 4.33. The Labute approximate surface area is 167 Å². The second-order valence-corrected chi connectivity index (χ2v) is 9.20. The highest BCUT2D eigenvalue weighted by Gasteiger charge is 2.36. The lowest BCUT2D eigenvalue weighted by atomic mass is 9.73. The van der Waals surface area contributed by atoms with E-state index in [0.717, 1.165) is 51.9 Å². The number of hydrogen-bond acceptors (Lipinski definition) is 4. The van der Waals surface area contributed by atoms with Crippen molar-refractivity contribution in [2.75, 3.05) is 53.0 Å². The van der Waals surface area contributed by atoms with Crippen LogP contribution in [0.2, 0.25) is 0 Å². The van der Waals surface area contributed by atoms with Gasteiger partial charge in [-0.05, 0) is 30.7 Å². The van der Waals surface area contributed by atoms with Gasteiger partial charge in [0, 0.05) is 56.1 Å². The van der Waals surface area contributed by atoms with E-state index in [1.54, 1.807) is 4.88 Å². The van der Waals surface area contributed by atoms with Gasteiger partial charge < -0.3 is 15.0 Å². The smallest absolute Gasteiger partial charge is 0.193 e. The molecule has 4 rings (SSSR count). The van der Waals surface area contributed by atoms with Crippen LogP contribution in [-0.2, 0) is 10.2 Å². The topological polar surface area (TPSA) is 40.1 Å². The summed E-state index contributed by atoms with van der Waals surface area (Å²) in [5.74, 6) is 1.09. The monoisotopic (exact) mass is 390 g/mol. The van der Waals surface area contributed by atoms with E-state index in [1.165, 1.54) is 38.5 Å². The van der Waals surface area contributed by atoms with Crippen LogP contribution in [-0.4, -0.2) is 74.8 Å². The molecular formula is C21H34N4OS. The van der Waals surface area contributed by atoms with Crippen LogP contribution < -0.4 is 5.32 Å². The fourth-order valence-corrected chi connectivity index (χ4v) is 6.06. The van der Waals surface area contributed by atoms with Crippen LogP contribution in [0.5, 0.6) is 0 Å². The predicted octanol–water partition coefficient (Wildman–Crippen LogP) is 2.93. The van der Waals surface area contributed by atoms with Gasteiger partial charge in [0.2, 0.25) is 0 Å². The minimum atomic E-state index is 0.297. The number of nitrogens with one attached hydrogen (secondary N) is 1. The summed E-state index contributed by atoms with van der Waals surface area (Å²) in [5.41, 5.74) is 0.297. The van der Waals surface area contributed by atoms with Crippen LogP contribution in [0.15, 0.2) is 22.5 Å². The van der Waals surface area contributed by atoms with Gasteiger partial charge in [0.1, 0.15) is 0 Å². The van der Waals surface area contributed by atoms with E-state index in [4.69, 9.17) is 4.74 Å². The molecule has 1 unspecified atom stereocenters. The second-order valence-electron chi connectivity index (χ2n) is 8.26. The Bertz CT molecular complexity index is 606. The molecule has 3 heterocycles. The van der Waals surface area contributed by atoms with Crippen LogP contribution in [0.25, 0.3) is 0 Å². The van der Waals surface area contributed by atoms with Gasteiger partial charge >= 0.3 is 0 Å². The van der Waals surface area contributed by atoms with Crippen molar-refractivity contribution in [3.8, 4) is 0 Å². The van der Waals surface area contributed by atoms with E-state index in [1.807, 2.05) is 18.4 Å². The van der Waals surface area contributed by atoms with Gasteiger partial charge in [-0.1, -0.05) is 25.3 Å². The van der Waals surface area contributed by atoms with Gasteiger partial charge in [0.15, 0.2) is 5.96 Å². The molecule has 0 amide bonds. The van der Waals surface area contributed by atoms with Crippen LogP contribution in [0.3, 0.4) is 0 Å². The summed E-state index contributed by atoms with van der Waals surface area (Å²) in [7, 11) is 1.93. The summed E-state index contributed by atoms with van der Waals surface area (Å²) in [6.07, 6.45) is 7.91. The molecule has 6 heteroatoms. The molecule has 2 aliphatic heterocycles. The summed E-state index contributed by atoms with van der Waals surface area (Å²) in [6.45, 7) is 7.12. The van der Waals surface area contributed by atoms with Crippen molar-refractivity contribution < 1.29 is 4.74 Å². The van der Waals surface area contributed by atoms with E-state index in [0.29, 0.717) is 11.5 Å². The molecule has 27 heavy (non-hydrogen) atoms. The number of aliphatic imine (C=N–C) groups is 1. The van der Waals surface area contributed by atoms with Crippen molar-refractivity contribution >= 4 is 17.3 Å². The van der Waals surface area contributed by atoms with E-state index in [2.05, 4.69) is 37.6 Å². The van der Waals surface area contributed by atoms with Crippen molar-refractivity contribution in [3.63, 3.8) is 0 Å². The predicted molar refractivity (Wildman–Crippen MR) is 113 cm³/mol. The van der Waals surface area contributed by atoms with Crippen LogP contribution in [0.1, 0.15) is 43.4 Å². The molecule has 1 aliphatic carbocycles. The number of thiophene rings is 1. The Balaban J connectivity index is 1.37. The zero-order valence-corrected chi connectivity index (χ0v) is 17.5. The molecule has 1 N–H and O–H groups in total. The highest BCUT2D eigenvalue weighted by molar-refractivity contribution is 7.10. The molecule has 1 aromatic heterocycles. The Kier molecular flexibility index (Phi) is 6.35. The molecular weight excluding hydrogens is 356 g/mol. The Morgan fingerprint density at radius 2 is 2.07 bits per heavy atom. The van der Waals surface area contributed by atoms with E-state index in [-0.39, 0.29) is 0 Å². The molecule has 0 bridgehead atoms. The summed E-state index contributed by atoms with van der Waals surface area (Å²) in [6, 6.07) is 5.19. The fraction of sp³-hybridized carbons (Fsp3) is 0.762. The second kappa shape index (κ2) is 8.93. The quantitative estimate of drug-likeness (QED) is 0.634. The van der Waals surface area contributed by atoms with Crippen molar-refractivity contribution in [2.45, 2.75) is 50.0 Å². The van der Waals surface area contributed by atoms with Crippen molar-refractivity contribution in [3.05, 3.63) is 22.4 Å². The molecule has 1 saturated carbocycles. The van der Waals surface area contributed by atoms with Gasteiger partial charge in [0.05, 0.1) is 13.2 Å². The highest BCUT2D eigenvalue weighted by Crippen LogP contribution is 2.41. The molecule has 5 nitrogen and oxygen atoms in total. The largest absolute Gasteiger partial charge is 0.379 e. The van der Waals surface area contributed by atoms with E-state index >= 15 is 0 Å². The first-order chi connectivity index (χ1) is 13.3. The summed E-state index contributed by atoms with van der Waals surface area (Å²) >= 11 is 1.93. The SMILES string of the molecule is CN=C(NCC1(c2cccs2)CCCCC1)N1CCC(N2CCOCC2)C1. The lowest BCUT2D eigenvalue weighted by Gasteiger charge is -2.38. The van der Waals surface area contributed by atoms with Crippen molar-refractivity contribution in [1.29, 1.82) is 0 Å². The Morgan fingerprint density at radius 1 is 1.26 bits per heavy atom. The zero-order chi connectivity index (χ0) is 18.5. The van der Waals surface area contributed by atoms with Gasteiger partial charge in [-0.2, -0.15) is 0 Å². The van der Waals surface area contributed by atoms with Crippen molar-refractivity contribution in [2.24, 2.45) is 4.99 Å². The number of hydrogen-bond donors (Lipinski definition) is 1. The number of guanidine groups is 1. The number of rotatable bonds is 4. The molecule has 0 radical (unpaired) electrons. The minimum Gasteiger partial charge on any atom is -0.379 e. The summed E-state index contributed by atoms with van der Waals surface area (Å²) in [4.78, 5) is 11.3. The van der Waals surface area contributed by atoms with Gasteiger partial charge in [-0.15, -0.1) is 11.3 Å². The maximum Gasteiger partial charge on any atom is 0.193 e. The average Bonchev–Trinajstić information content (AvgIpc) is 3.43. The summed E-state index contributed by atoms with van der Waals surface area (Å²) in [5, 5.41) is 6.00. The molecule has 0 spiro atoms. The first-order valence-corrected chi connectivity index (χ1v) is 11.5. The molecule has 3 fully saturated rings. The van der Waals surface area contributed by atoms with Crippen LogP contribution in [0.4, 0.5) is 0 Å². The van der Waals surface area contributed by atoms with Gasteiger partial charge in [-0.25, -0.2) is 0 Å². The number of ether oxygens (including phenoxy) is 1. The third-order valence-electron chi connectivity index (χ3n) is 6.68. The first-order valence-electron chi connectivity index (χ1n) is 10.6. The van der Waals surface area contributed by atoms with Crippen LogP contribution >= 0.6 is 11.3 Å². The first kappa shape index (κ1) is 19.2. The van der Waals surface area contributed by atoms with Crippen LogP contribution in [0, 0.1) is 0 Å². The fourth-order valence-electron chi connectivity index (χ4n) is 5.07. The Morgan fingerprint density at radius 3 is 2.78 bits per heavy atom. The van der Waals surface area contributed by atoms with Gasteiger partial charge in [0.25, 0.3) is 0 Å². The van der Waals surface area contributed by atoms with Gasteiger partial charge in [-0.3, -0.25) is 9.89 Å². The lowest BCUT2D eigenvalue weighted by molar-refractivity contribution is 0.0194. The van der Waals surface area contributed by atoms with Crippen molar-refractivity contribution in [1.82, 2.24) is 15.1 Å².